The Bertz CT molecular complexity index is 604. The molecule has 0 aliphatic carbocycles. The molecule has 1 atom stereocenters. The van der Waals surface area contributed by atoms with Crippen molar-refractivity contribution in [1.82, 2.24) is 10.6 Å². The van der Waals surface area contributed by atoms with E-state index in [1.54, 1.807) is 17.0 Å². The summed E-state index contributed by atoms with van der Waals surface area (Å²) in [6, 6.07) is 6.74. The van der Waals surface area contributed by atoms with E-state index < -0.39 is 0 Å². The van der Waals surface area contributed by atoms with E-state index in [2.05, 4.69) is 10.6 Å². The summed E-state index contributed by atoms with van der Waals surface area (Å²) in [5, 5.41) is 6.39. The molecule has 0 saturated carbocycles. The summed E-state index contributed by atoms with van der Waals surface area (Å²) in [5.41, 5.74) is 0.801. The number of rotatable bonds is 5. The highest BCUT2D eigenvalue weighted by Gasteiger charge is 2.31. The van der Waals surface area contributed by atoms with Crippen molar-refractivity contribution >= 4 is 29.2 Å². The molecule has 0 bridgehead atoms. The summed E-state index contributed by atoms with van der Waals surface area (Å²) >= 11 is 5.88. The molecule has 2 aliphatic rings. The van der Waals surface area contributed by atoms with Crippen molar-refractivity contribution in [3.63, 3.8) is 0 Å². The lowest BCUT2D eigenvalue weighted by Crippen LogP contribution is -3.14. The van der Waals surface area contributed by atoms with Gasteiger partial charge in [-0.2, -0.15) is 0 Å². The summed E-state index contributed by atoms with van der Waals surface area (Å²) < 4.78 is 5.31. The van der Waals surface area contributed by atoms with Gasteiger partial charge in [-0.1, -0.05) is 11.6 Å². The molecule has 0 spiro atoms. The molecular formula is C17H24ClN4O3+. The van der Waals surface area contributed by atoms with Gasteiger partial charge in [0.2, 0.25) is 5.91 Å². The smallest absolute Gasteiger partial charge is 0.315 e. The number of hydrogen-bond acceptors (Lipinski definition) is 3. The van der Waals surface area contributed by atoms with Crippen LogP contribution in [0.3, 0.4) is 0 Å². The second-order valence-corrected chi connectivity index (χ2v) is 6.83. The van der Waals surface area contributed by atoms with E-state index in [4.69, 9.17) is 16.3 Å². The van der Waals surface area contributed by atoms with E-state index in [9.17, 15) is 9.59 Å². The van der Waals surface area contributed by atoms with E-state index in [1.807, 2.05) is 12.1 Å². The molecule has 1 aromatic carbocycles. The predicted molar refractivity (Wildman–Crippen MR) is 95.1 cm³/mol. The Morgan fingerprint density at radius 1 is 1.28 bits per heavy atom. The first-order valence-electron chi connectivity index (χ1n) is 8.63. The first kappa shape index (κ1) is 18.0. The van der Waals surface area contributed by atoms with Crippen molar-refractivity contribution in [2.45, 2.75) is 12.5 Å². The van der Waals surface area contributed by atoms with Crippen molar-refractivity contribution in [2.75, 3.05) is 50.8 Å². The lowest BCUT2D eigenvalue weighted by molar-refractivity contribution is -0.906. The summed E-state index contributed by atoms with van der Waals surface area (Å²) in [7, 11) is 0. The van der Waals surface area contributed by atoms with Gasteiger partial charge < -0.3 is 25.2 Å². The number of carbonyl (C=O) groups excluding carboxylic acids is 2. The Morgan fingerprint density at radius 3 is 2.72 bits per heavy atom. The van der Waals surface area contributed by atoms with Gasteiger partial charge in [-0.15, -0.1) is 0 Å². The minimum Gasteiger partial charge on any atom is -0.370 e. The van der Waals surface area contributed by atoms with E-state index in [0.717, 1.165) is 38.5 Å². The predicted octanol–water partition coefficient (Wildman–Crippen LogP) is -0.340. The third-order valence-electron chi connectivity index (χ3n) is 4.56. The normalized spacial score (nSPS) is 21.4. The summed E-state index contributed by atoms with van der Waals surface area (Å²) in [6.07, 6.45) is 0.310. The van der Waals surface area contributed by atoms with Crippen molar-refractivity contribution in [1.29, 1.82) is 0 Å². The summed E-state index contributed by atoms with van der Waals surface area (Å²) in [4.78, 5) is 27.3. The van der Waals surface area contributed by atoms with Crippen LogP contribution in [0.5, 0.6) is 0 Å². The van der Waals surface area contributed by atoms with Gasteiger partial charge in [-0.3, -0.25) is 4.79 Å². The van der Waals surface area contributed by atoms with Gasteiger partial charge in [0.15, 0.2) is 0 Å². The van der Waals surface area contributed by atoms with Crippen LogP contribution in [0, 0.1) is 0 Å². The number of quaternary nitrogens is 1. The topological polar surface area (TPSA) is 75.1 Å². The maximum Gasteiger partial charge on any atom is 0.315 e. The van der Waals surface area contributed by atoms with Gasteiger partial charge in [0.25, 0.3) is 0 Å². The molecule has 3 N–H and O–H groups in total. The second-order valence-electron chi connectivity index (χ2n) is 6.39. The molecular weight excluding hydrogens is 344 g/mol. The number of amides is 3. The highest BCUT2D eigenvalue weighted by molar-refractivity contribution is 6.30. The average molecular weight is 368 g/mol. The standard InChI is InChI=1S/C17H23ClN4O3/c18-13-1-3-15(4-2-13)22-12-14(11-16(22)23)20-17(24)19-5-6-21-7-9-25-10-8-21/h1-4,14H,5-12H2,(H2,19,20,24)/p+1/t14-/m1/s1. The van der Waals surface area contributed by atoms with Crippen LogP contribution >= 0.6 is 11.6 Å². The van der Waals surface area contributed by atoms with Gasteiger partial charge in [-0.25, -0.2) is 4.79 Å². The van der Waals surface area contributed by atoms with Gasteiger partial charge >= 0.3 is 6.03 Å². The van der Waals surface area contributed by atoms with Crippen molar-refractivity contribution in [2.24, 2.45) is 0 Å². The van der Waals surface area contributed by atoms with Crippen LogP contribution in [0.4, 0.5) is 10.5 Å². The number of hydrogen-bond donors (Lipinski definition) is 3. The fourth-order valence-electron chi connectivity index (χ4n) is 3.17. The van der Waals surface area contributed by atoms with Gasteiger partial charge in [-0.05, 0) is 24.3 Å². The number of anilines is 1. The Balaban J connectivity index is 1.41. The molecule has 2 heterocycles. The zero-order chi connectivity index (χ0) is 17.6. The first-order valence-corrected chi connectivity index (χ1v) is 9.01. The zero-order valence-corrected chi connectivity index (χ0v) is 14.8. The molecule has 3 rings (SSSR count). The molecule has 136 valence electrons. The maximum atomic E-state index is 12.2. The largest absolute Gasteiger partial charge is 0.370 e. The molecule has 2 fully saturated rings. The molecule has 0 radical (unpaired) electrons. The third-order valence-corrected chi connectivity index (χ3v) is 4.81. The van der Waals surface area contributed by atoms with E-state index in [-0.39, 0.29) is 18.0 Å². The highest BCUT2D eigenvalue weighted by Crippen LogP contribution is 2.23. The fourth-order valence-corrected chi connectivity index (χ4v) is 3.30. The lowest BCUT2D eigenvalue weighted by Gasteiger charge is -2.23. The zero-order valence-electron chi connectivity index (χ0n) is 14.1. The molecule has 2 aliphatic heterocycles. The van der Waals surface area contributed by atoms with Gasteiger partial charge in [0.05, 0.1) is 32.3 Å². The first-order chi connectivity index (χ1) is 12.1. The number of benzene rings is 1. The molecule has 8 heteroatoms. The van der Waals surface area contributed by atoms with E-state index in [1.165, 1.54) is 4.90 Å². The van der Waals surface area contributed by atoms with Crippen LogP contribution in [-0.2, 0) is 9.53 Å². The quantitative estimate of drug-likeness (QED) is 0.666. The molecule has 3 amide bonds. The molecule has 1 aromatic rings. The van der Waals surface area contributed by atoms with Crippen LogP contribution < -0.4 is 20.4 Å². The second kappa shape index (κ2) is 8.51. The minimum absolute atomic E-state index is 0.00498. The Kier molecular flexibility index (Phi) is 6.12. The number of urea groups is 1. The molecule has 7 nitrogen and oxygen atoms in total. The van der Waals surface area contributed by atoms with Crippen molar-refractivity contribution in [3.05, 3.63) is 29.3 Å². The van der Waals surface area contributed by atoms with Crippen LogP contribution in [0.25, 0.3) is 0 Å². The number of nitrogens with zero attached hydrogens (tertiary/aromatic N) is 1. The van der Waals surface area contributed by atoms with Crippen molar-refractivity contribution < 1.29 is 19.2 Å². The number of halogens is 1. The number of ether oxygens (including phenoxy) is 1. The number of carbonyl (C=O) groups is 2. The monoisotopic (exact) mass is 367 g/mol. The van der Waals surface area contributed by atoms with E-state index >= 15 is 0 Å². The molecule has 0 unspecified atom stereocenters. The van der Waals surface area contributed by atoms with Crippen LogP contribution in [-0.4, -0.2) is 63.9 Å². The summed E-state index contributed by atoms with van der Waals surface area (Å²) in [5.74, 6) is 0.00498. The maximum absolute atomic E-state index is 12.2. The third kappa shape index (κ3) is 5.07. The highest BCUT2D eigenvalue weighted by atomic mass is 35.5. The fraction of sp³-hybridized carbons (Fsp3) is 0.529. The van der Waals surface area contributed by atoms with E-state index in [0.29, 0.717) is 24.5 Å². The van der Waals surface area contributed by atoms with Crippen LogP contribution in [0.1, 0.15) is 6.42 Å². The Morgan fingerprint density at radius 2 is 2.00 bits per heavy atom. The molecule has 2 saturated heterocycles. The SMILES string of the molecule is O=C(NCC[NH+]1CCOCC1)N[C@@H]1CC(=O)N(c2ccc(Cl)cc2)C1. The average Bonchev–Trinajstić information content (AvgIpc) is 2.96. The minimum atomic E-state index is -0.219. The number of morpholine rings is 1. The summed E-state index contributed by atoms with van der Waals surface area (Å²) in [6.45, 7) is 5.51. The van der Waals surface area contributed by atoms with Crippen LogP contribution in [0.2, 0.25) is 5.02 Å². The van der Waals surface area contributed by atoms with Crippen LogP contribution in [0.15, 0.2) is 24.3 Å². The van der Waals surface area contributed by atoms with Gasteiger partial charge in [0, 0.05) is 23.7 Å². The van der Waals surface area contributed by atoms with Crippen molar-refractivity contribution in [3.8, 4) is 0 Å². The Hall–Kier alpha value is -1.83. The van der Waals surface area contributed by atoms with Gasteiger partial charge in [0.1, 0.15) is 13.1 Å². The molecule has 0 aromatic heterocycles. The lowest BCUT2D eigenvalue weighted by atomic mass is 10.2. The molecule has 25 heavy (non-hydrogen) atoms. The number of nitrogens with one attached hydrogen (secondary N) is 3. The Labute approximate surface area is 152 Å².